The summed E-state index contributed by atoms with van der Waals surface area (Å²) < 4.78 is 26.3. The second-order valence-corrected chi connectivity index (χ2v) is 6.61. The van der Waals surface area contributed by atoms with Crippen LogP contribution in [0.3, 0.4) is 0 Å². The number of amides is 2. The Morgan fingerprint density at radius 3 is 1.97 bits per heavy atom. The van der Waals surface area contributed by atoms with Gasteiger partial charge in [-0.3, -0.25) is 14.4 Å². The Kier molecular flexibility index (Phi) is 9.12. The minimum Gasteiger partial charge on any atom is -0.497 e. The Hall–Kier alpha value is -4.41. The first-order valence-corrected chi connectivity index (χ1v) is 9.83. The van der Waals surface area contributed by atoms with E-state index in [4.69, 9.17) is 28.8 Å². The van der Waals surface area contributed by atoms with Crippen molar-refractivity contribution in [3.8, 4) is 28.7 Å². The van der Waals surface area contributed by atoms with Crippen molar-refractivity contribution in [3.63, 3.8) is 0 Å². The Bertz CT molecular complexity index is 1070. The monoisotopic (exact) mass is 474 g/mol. The van der Waals surface area contributed by atoms with Gasteiger partial charge in [0.25, 0.3) is 11.8 Å². The van der Waals surface area contributed by atoms with Crippen LogP contribution in [0.15, 0.2) is 36.0 Å². The maximum atomic E-state index is 13.0. The number of carboxylic acid groups (broad SMARTS) is 1. The first-order chi connectivity index (χ1) is 16.3. The van der Waals surface area contributed by atoms with E-state index in [1.165, 1.54) is 53.8 Å². The van der Waals surface area contributed by atoms with Gasteiger partial charge in [-0.2, -0.15) is 0 Å². The van der Waals surface area contributed by atoms with Gasteiger partial charge in [-0.05, 0) is 30.3 Å². The number of carboxylic acids is 1. The molecule has 0 atom stereocenters. The van der Waals surface area contributed by atoms with Crippen molar-refractivity contribution in [3.05, 3.63) is 47.2 Å². The molecule has 0 aliphatic carbocycles. The van der Waals surface area contributed by atoms with E-state index in [-0.39, 0.29) is 22.8 Å². The van der Waals surface area contributed by atoms with Crippen LogP contribution in [0.5, 0.6) is 28.7 Å². The first-order valence-electron chi connectivity index (χ1n) is 9.83. The zero-order valence-electron chi connectivity index (χ0n) is 19.4. The van der Waals surface area contributed by atoms with Crippen LogP contribution in [0.4, 0.5) is 0 Å². The molecule has 0 radical (unpaired) electrons. The van der Waals surface area contributed by atoms with Crippen molar-refractivity contribution < 1.29 is 43.2 Å². The lowest BCUT2D eigenvalue weighted by atomic mass is 10.1. The molecule has 2 aromatic carbocycles. The minimum absolute atomic E-state index is 0.105. The van der Waals surface area contributed by atoms with Crippen LogP contribution in [0.25, 0.3) is 6.08 Å². The van der Waals surface area contributed by atoms with Crippen molar-refractivity contribution in [2.24, 2.45) is 0 Å². The number of carbonyl (C=O) groups excluding carboxylic acids is 2. The fourth-order valence-electron chi connectivity index (χ4n) is 2.91. The summed E-state index contributed by atoms with van der Waals surface area (Å²) in [7, 11) is 7.16. The van der Waals surface area contributed by atoms with Crippen LogP contribution < -0.4 is 34.3 Å². The third-order valence-corrected chi connectivity index (χ3v) is 4.56. The standard InChI is InChI=1S/C23H26N2O9/c1-30-15-7-6-13(17(11-15)31-2)8-16(23(29)24-12-20(26)27)25-22(28)14-9-18(32-3)21(34-5)19(10-14)33-4/h6-11H,12H2,1-5H3,(H,24,29)(H,25,28)(H,26,27). The van der Waals surface area contributed by atoms with E-state index >= 15 is 0 Å². The molecular weight excluding hydrogens is 448 g/mol. The maximum absolute atomic E-state index is 13.0. The van der Waals surface area contributed by atoms with Crippen LogP contribution in [0.1, 0.15) is 15.9 Å². The molecule has 0 fully saturated rings. The number of rotatable bonds is 11. The second-order valence-electron chi connectivity index (χ2n) is 6.61. The zero-order chi connectivity index (χ0) is 25.3. The van der Waals surface area contributed by atoms with Crippen molar-refractivity contribution in [1.82, 2.24) is 10.6 Å². The van der Waals surface area contributed by atoms with E-state index in [1.54, 1.807) is 18.2 Å². The fraction of sp³-hybridized carbons (Fsp3) is 0.261. The van der Waals surface area contributed by atoms with E-state index in [0.29, 0.717) is 22.8 Å². The number of benzene rings is 2. The van der Waals surface area contributed by atoms with Crippen molar-refractivity contribution in [2.75, 3.05) is 42.1 Å². The summed E-state index contributed by atoms with van der Waals surface area (Å²) in [6.45, 7) is -0.643. The molecule has 11 nitrogen and oxygen atoms in total. The van der Waals surface area contributed by atoms with E-state index < -0.39 is 24.3 Å². The Labute approximate surface area is 196 Å². The van der Waals surface area contributed by atoms with Gasteiger partial charge in [-0.1, -0.05) is 0 Å². The molecule has 0 saturated heterocycles. The van der Waals surface area contributed by atoms with Crippen molar-refractivity contribution >= 4 is 23.9 Å². The first kappa shape index (κ1) is 25.8. The molecule has 0 saturated carbocycles. The predicted molar refractivity (Wildman–Crippen MR) is 122 cm³/mol. The van der Waals surface area contributed by atoms with Crippen LogP contribution in [0.2, 0.25) is 0 Å². The number of hydrogen-bond donors (Lipinski definition) is 3. The summed E-state index contributed by atoms with van der Waals surface area (Å²) in [6.07, 6.45) is 1.35. The number of carbonyl (C=O) groups is 3. The normalized spacial score (nSPS) is 10.7. The number of ether oxygens (including phenoxy) is 5. The second kappa shape index (κ2) is 12.0. The van der Waals surface area contributed by atoms with Crippen LogP contribution in [-0.2, 0) is 9.59 Å². The van der Waals surface area contributed by atoms with Crippen LogP contribution >= 0.6 is 0 Å². The average Bonchev–Trinajstić information content (AvgIpc) is 2.85. The number of hydrogen-bond acceptors (Lipinski definition) is 8. The molecule has 3 N–H and O–H groups in total. The van der Waals surface area contributed by atoms with E-state index in [2.05, 4.69) is 10.6 Å². The van der Waals surface area contributed by atoms with Gasteiger partial charge in [-0.15, -0.1) is 0 Å². The average molecular weight is 474 g/mol. The molecule has 2 aromatic rings. The van der Waals surface area contributed by atoms with Gasteiger partial charge < -0.3 is 39.4 Å². The highest BCUT2D eigenvalue weighted by atomic mass is 16.5. The highest BCUT2D eigenvalue weighted by Crippen LogP contribution is 2.38. The van der Waals surface area contributed by atoms with E-state index in [0.717, 1.165) is 0 Å². The Balaban J connectivity index is 2.49. The number of aliphatic carboxylic acids is 1. The summed E-state index contributed by atoms with van der Waals surface area (Å²) in [4.78, 5) is 36.6. The fourth-order valence-corrected chi connectivity index (χ4v) is 2.91. The van der Waals surface area contributed by atoms with Crippen LogP contribution in [-0.4, -0.2) is 65.0 Å². The summed E-state index contributed by atoms with van der Waals surface area (Å²) in [6, 6.07) is 7.68. The van der Waals surface area contributed by atoms with E-state index in [1.807, 2.05) is 0 Å². The quantitative estimate of drug-likeness (QED) is 0.415. The molecule has 182 valence electrons. The van der Waals surface area contributed by atoms with Gasteiger partial charge >= 0.3 is 5.97 Å². The zero-order valence-corrected chi connectivity index (χ0v) is 19.4. The molecule has 34 heavy (non-hydrogen) atoms. The Morgan fingerprint density at radius 1 is 0.853 bits per heavy atom. The van der Waals surface area contributed by atoms with Gasteiger partial charge in [0, 0.05) is 17.2 Å². The van der Waals surface area contributed by atoms with Gasteiger partial charge in [0.15, 0.2) is 11.5 Å². The smallest absolute Gasteiger partial charge is 0.322 e. The topological polar surface area (TPSA) is 142 Å². The van der Waals surface area contributed by atoms with Crippen molar-refractivity contribution in [2.45, 2.75) is 0 Å². The molecule has 0 aromatic heterocycles. The number of methoxy groups -OCH3 is 5. The predicted octanol–water partition coefficient (Wildman–Crippen LogP) is 1.70. The molecule has 0 aliphatic rings. The summed E-state index contributed by atoms with van der Waals surface area (Å²) in [5.41, 5.74) is 0.325. The molecule has 2 amide bonds. The lowest BCUT2D eigenvalue weighted by molar-refractivity contribution is -0.137. The molecular formula is C23H26N2O9. The summed E-state index contributed by atoms with van der Waals surface area (Å²) >= 11 is 0. The molecule has 0 heterocycles. The van der Waals surface area contributed by atoms with E-state index in [9.17, 15) is 14.4 Å². The third kappa shape index (κ3) is 6.31. The highest BCUT2D eigenvalue weighted by molar-refractivity contribution is 6.06. The largest absolute Gasteiger partial charge is 0.497 e. The van der Waals surface area contributed by atoms with Gasteiger partial charge in [0.1, 0.15) is 23.7 Å². The summed E-state index contributed by atoms with van der Waals surface area (Å²) in [5, 5.41) is 13.6. The number of nitrogens with one attached hydrogen (secondary N) is 2. The maximum Gasteiger partial charge on any atom is 0.322 e. The Morgan fingerprint density at radius 2 is 1.47 bits per heavy atom. The molecule has 0 bridgehead atoms. The molecule has 0 unspecified atom stereocenters. The highest BCUT2D eigenvalue weighted by Gasteiger charge is 2.20. The van der Waals surface area contributed by atoms with Gasteiger partial charge in [0.2, 0.25) is 5.75 Å². The summed E-state index contributed by atoms with van der Waals surface area (Å²) in [5.74, 6) is -1.08. The molecule has 0 spiro atoms. The SMILES string of the molecule is COc1ccc(C=C(NC(=O)c2cc(OC)c(OC)c(OC)c2)C(=O)NCC(=O)O)c(OC)c1. The van der Waals surface area contributed by atoms with Gasteiger partial charge in [-0.25, -0.2) is 0 Å². The molecule has 2 rings (SSSR count). The lowest BCUT2D eigenvalue weighted by Crippen LogP contribution is -2.37. The van der Waals surface area contributed by atoms with Crippen LogP contribution in [0, 0.1) is 0 Å². The minimum atomic E-state index is -1.24. The van der Waals surface area contributed by atoms with Crippen molar-refractivity contribution in [1.29, 1.82) is 0 Å². The third-order valence-electron chi connectivity index (χ3n) is 4.56. The molecule has 11 heteroatoms. The molecule has 0 aliphatic heterocycles. The lowest BCUT2D eigenvalue weighted by Gasteiger charge is -2.15. The van der Waals surface area contributed by atoms with Gasteiger partial charge in [0.05, 0.1) is 35.5 Å².